The van der Waals surface area contributed by atoms with Gasteiger partial charge in [-0.2, -0.15) is 0 Å². The van der Waals surface area contributed by atoms with Crippen molar-refractivity contribution in [3.05, 3.63) is 12.2 Å². The number of esters is 3. The lowest BCUT2D eigenvalue weighted by Crippen LogP contribution is -2.41. The highest BCUT2D eigenvalue weighted by molar-refractivity contribution is 6.34. The fourth-order valence-corrected chi connectivity index (χ4v) is 2.88. The number of carbonyl (C=O) groups excluding carboxylic acids is 4. The summed E-state index contributed by atoms with van der Waals surface area (Å²) in [4.78, 5) is 46.0. The van der Waals surface area contributed by atoms with Crippen molar-refractivity contribution in [2.45, 2.75) is 37.8 Å². The molecule has 0 amide bonds. The molecule has 0 aromatic carbocycles. The second-order valence-electron chi connectivity index (χ2n) is 5.53. The molecule has 3 rings (SSSR count). The Morgan fingerprint density at radius 2 is 2.00 bits per heavy atom. The molecule has 0 spiro atoms. The van der Waals surface area contributed by atoms with Crippen LogP contribution in [0.25, 0.3) is 0 Å². The zero-order chi connectivity index (χ0) is 16.0. The first-order valence-corrected chi connectivity index (χ1v) is 6.81. The average molecular weight is 310 g/mol. The van der Waals surface area contributed by atoms with E-state index in [-0.39, 0.29) is 17.5 Å². The number of fused-ring (bicyclic) bond motifs is 1. The largest absolute Gasteiger partial charge is 0.455 e. The van der Waals surface area contributed by atoms with Gasteiger partial charge in [0.2, 0.25) is 0 Å². The van der Waals surface area contributed by atoms with Crippen LogP contribution in [0.3, 0.4) is 0 Å². The summed E-state index contributed by atoms with van der Waals surface area (Å²) in [5.41, 5.74) is 0.117. The summed E-state index contributed by atoms with van der Waals surface area (Å²) >= 11 is 0. The number of hydrogen-bond donors (Lipinski definition) is 0. The van der Waals surface area contributed by atoms with E-state index < -0.39 is 48.7 Å². The number of Topliss-reactive ketones (excluding diaryl/α,β-unsaturated/α-hetero) is 1. The van der Waals surface area contributed by atoms with Crippen molar-refractivity contribution in [2.75, 3.05) is 6.61 Å². The third-order valence-electron chi connectivity index (χ3n) is 3.94. The molecule has 8 nitrogen and oxygen atoms in total. The van der Waals surface area contributed by atoms with Crippen LogP contribution in [0.1, 0.15) is 13.3 Å². The fraction of sp³-hybridized carbons (Fsp3) is 0.571. The van der Waals surface area contributed by atoms with Gasteiger partial charge in [-0.3, -0.25) is 9.59 Å². The topological polar surface area (TPSA) is 105 Å². The van der Waals surface area contributed by atoms with Crippen LogP contribution in [0.5, 0.6) is 0 Å². The first-order chi connectivity index (χ1) is 10.4. The van der Waals surface area contributed by atoms with E-state index in [1.54, 1.807) is 0 Å². The van der Waals surface area contributed by atoms with Gasteiger partial charge in [-0.15, -0.1) is 0 Å². The van der Waals surface area contributed by atoms with Crippen molar-refractivity contribution < 1.29 is 38.1 Å². The number of carbonyl (C=O) groups is 4. The van der Waals surface area contributed by atoms with Gasteiger partial charge in [0.25, 0.3) is 5.78 Å². The highest BCUT2D eigenvalue weighted by Gasteiger charge is 2.65. The Morgan fingerprint density at radius 1 is 1.27 bits per heavy atom. The first-order valence-electron chi connectivity index (χ1n) is 6.81. The van der Waals surface area contributed by atoms with Crippen molar-refractivity contribution in [1.29, 1.82) is 0 Å². The molecule has 5 unspecified atom stereocenters. The molecule has 5 atom stereocenters. The Labute approximate surface area is 125 Å². The Hall–Kier alpha value is -2.22. The minimum atomic E-state index is -1.14. The van der Waals surface area contributed by atoms with E-state index in [1.807, 2.05) is 0 Å². The van der Waals surface area contributed by atoms with Crippen molar-refractivity contribution in [1.82, 2.24) is 0 Å². The molecule has 2 bridgehead atoms. The zero-order valence-corrected chi connectivity index (χ0v) is 11.8. The predicted octanol–water partition coefficient (Wildman–Crippen LogP) is -0.701. The smallest absolute Gasteiger partial charge is 0.378 e. The molecule has 3 fully saturated rings. The van der Waals surface area contributed by atoms with E-state index in [2.05, 4.69) is 11.3 Å². The van der Waals surface area contributed by atoms with Gasteiger partial charge >= 0.3 is 17.9 Å². The molecular weight excluding hydrogens is 296 g/mol. The van der Waals surface area contributed by atoms with Crippen LogP contribution >= 0.6 is 0 Å². The average Bonchev–Trinajstić information content (AvgIpc) is 3.08. The van der Waals surface area contributed by atoms with Crippen LogP contribution in [-0.2, 0) is 38.1 Å². The monoisotopic (exact) mass is 310 g/mol. The van der Waals surface area contributed by atoms with Crippen molar-refractivity contribution in [3.8, 4) is 0 Å². The van der Waals surface area contributed by atoms with Gasteiger partial charge in [0.05, 0.1) is 12.0 Å². The predicted molar refractivity (Wildman–Crippen MR) is 67.3 cm³/mol. The maximum atomic E-state index is 11.7. The molecular formula is C14H14O8. The van der Waals surface area contributed by atoms with E-state index in [0.717, 1.165) is 0 Å². The number of ether oxygens (including phenoxy) is 4. The highest BCUT2D eigenvalue weighted by Crippen LogP contribution is 2.47. The fourth-order valence-electron chi connectivity index (χ4n) is 2.88. The summed E-state index contributed by atoms with van der Waals surface area (Å²) in [6, 6.07) is 0. The second kappa shape index (κ2) is 5.20. The summed E-state index contributed by atoms with van der Waals surface area (Å²) in [5.74, 6) is -3.58. The van der Waals surface area contributed by atoms with Crippen LogP contribution in [0, 0.1) is 5.92 Å². The molecule has 3 heterocycles. The Kier molecular flexibility index (Phi) is 3.48. The summed E-state index contributed by atoms with van der Waals surface area (Å²) in [6.45, 7) is 4.05. The Morgan fingerprint density at radius 3 is 2.68 bits per heavy atom. The molecule has 3 aliphatic heterocycles. The maximum absolute atomic E-state index is 11.7. The summed E-state index contributed by atoms with van der Waals surface area (Å²) in [5, 5.41) is 0. The van der Waals surface area contributed by atoms with E-state index >= 15 is 0 Å². The molecule has 0 N–H and O–H groups in total. The summed E-state index contributed by atoms with van der Waals surface area (Å²) < 4.78 is 20.3. The number of rotatable bonds is 5. The van der Waals surface area contributed by atoms with Crippen molar-refractivity contribution in [2.24, 2.45) is 5.92 Å². The van der Waals surface area contributed by atoms with Crippen LogP contribution < -0.4 is 0 Å². The molecule has 3 aliphatic rings. The van der Waals surface area contributed by atoms with Gasteiger partial charge in [0, 0.05) is 5.57 Å². The molecule has 0 aliphatic carbocycles. The van der Waals surface area contributed by atoms with Gasteiger partial charge in [0.1, 0.15) is 6.10 Å². The SMILES string of the molecule is C=C(C)C(=O)OCC(=O)C(=O)OC1C2CC3C(=O)OC1C3O2. The normalized spacial score (nSPS) is 34.2. The van der Waals surface area contributed by atoms with E-state index in [1.165, 1.54) is 6.92 Å². The second-order valence-corrected chi connectivity index (χ2v) is 5.53. The lowest BCUT2D eigenvalue weighted by atomic mass is 9.88. The van der Waals surface area contributed by atoms with Gasteiger partial charge in [-0.1, -0.05) is 6.58 Å². The molecule has 22 heavy (non-hydrogen) atoms. The number of hydrogen-bond acceptors (Lipinski definition) is 8. The maximum Gasteiger partial charge on any atom is 0.378 e. The number of ketones is 1. The molecule has 0 aromatic heterocycles. The quantitative estimate of drug-likeness (QED) is 0.284. The molecule has 0 radical (unpaired) electrons. The van der Waals surface area contributed by atoms with E-state index in [0.29, 0.717) is 6.42 Å². The third kappa shape index (κ3) is 2.29. The van der Waals surface area contributed by atoms with Gasteiger partial charge < -0.3 is 18.9 Å². The van der Waals surface area contributed by atoms with Gasteiger partial charge in [0.15, 0.2) is 18.8 Å². The van der Waals surface area contributed by atoms with Crippen LogP contribution in [0.2, 0.25) is 0 Å². The van der Waals surface area contributed by atoms with Gasteiger partial charge in [-0.05, 0) is 13.3 Å². The summed E-state index contributed by atoms with van der Waals surface area (Å²) in [7, 11) is 0. The van der Waals surface area contributed by atoms with Crippen LogP contribution in [0.4, 0.5) is 0 Å². The van der Waals surface area contributed by atoms with Crippen LogP contribution in [0.15, 0.2) is 12.2 Å². The van der Waals surface area contributed by atoms with Gasteiger partial charge in [-0.25, -0.2) is 9.59 Å². The first kappa shape index (κ1) is 14.7. The zero-order valence-electron chi connectivity index (χ0n) is 11.8. The Balaban J connectivity index is 1.54. The molecule has 3 saturated heterocycles. The van der Waals surface area contributed by atoms with Crippen LogP contribution in [-0.4, -0.2) is 54.7 Å². The highest BCUT2D eigenvalue weighted by atomic mass is 16.7. The molecule has 8 heteroatoms. The van der Waals surface area contributed by atoms with E-state index in [9.17, 15) is 19.2 Å². The third-order valence-corrected chi connectivity index (χ3v) is 3.94. The van der Waals surface area contributed by atoms with Crippen molar-refractivity contribution >= 4 is 23.7 Å². The summed E-state index contributed by atoms with van der Waals surface area (Å²) in [6.07, 6.45) is -1.89. The molecule has 0 aromatic rings. The van der Waals surface area contributed by atoms with E-state index in [4.69, 9.17) is 14.2 Å². The van der Waals surface area contributed by atoms with Crippen molar-refractivity contribution in [3.63, 3.8) is 0 Å². The standard InChI is InChI=1S/C14H14O8/c1-5(2)12(16)19-4-7(15)14(18)21-10-8-3-6-9(20-8)11(10)22-13(6)17/h6,8-11H,1,3-4H2,2H3. The molecule has 118 valence electrons. The lowest BCUT2D eigenvalue weighted by Gasteiger charge is -2.21. The minimum absolute atomic E-state index is 0.117. The Bertz CT molecular complexity index is 579. The lowest BCUT2D eigenvalue weighted by molar-refractivity contribution is -0.167. The molecule has 0 saturated carbocycles. The minimum Gasteiger partial charge on any atom is -0.455 e.